The predicted molar refractivity (Wildman–Crippen MR) is 128 cm³/mol. The van der Waals surface area contributed by atoms with Crippen molar-refractivity contribution in [1.29, 1.82) is 0 Å². The minimum atomic E-state index is 0.175. The number of fused-ring (bicyclic) bond motifs is 2. The molecule has 0 atom stereocenters. The van der Waals surface area contributed by atoms with E-state index >= 15 is 0 Å². The summed E-state index contributed by atoms with van der Waals surface area (Å²) in [5, 5.41) is 3.54. The summed E-state index contributed by atoms with van der Waals surface area (Å²) in [6, 6.07) is 34.1. The zero-order valence-corrected chi connectivity index (χ0v) is 17.9. The van der Waals surface area contributed by atoms with Crippen LogP contribution in [0.1, 0.15) is 28.2 Å². The Balaban J connectivity index is 1.37. The maximum Gasteiger partial charge on any atom is 0.131 e. The molecule has 0 unspecified atom stereocenters. The standard InChI is InChI=1S/C28H26N2O/c1-30(2)23-17-11-20(12-18-23)19-29-22-15-13-21(14-16-22)28-24-7-3-5-9-26(24)31-27-10-6-4-8-25(27)28/h3-18,28-29H,19H2,1-2H3. The van der Waals surface area contributed by atoms with E-state index in [1.165, 1.54) is 27.9 Å². The van der Waals surface area contributed by atoms with Gasteiger partial charge in [0.1, 0.15) is 11.5 Å². The average molecular weight is 407 g/mol. The number of hydrogen-bond donors (Lipinski definition) is 1. The van der Waals surface area contributed by atoms with E-state index < -0.39 is 0 Å². The fourth-order valence-electron chi connectivity index (χ4n) is 4.18. The van der Waals surface area contributed by atoms with E-state index in [9.17, 15) is 0 Å². The van der Waals surface area contributed by atoms with Gasteiger partial charge in [0, 0.05) is 49.1 Å². The molecule has 4 aromatic rings. The Morgan fingerprint density at radius 3 is 1.87 bits per heavy atom. The third-order valence-electron chi connectivity index (χ3n) is 5.87. The van der Waals surface area contributed by atoms with Gasteiger partial charge in [-0.2, -0.15) is 0 Å². The zero-order valence-electron chi connectivity index (χ0n) is 17.9. The second-order valence-electron chi connectivity index (χ2n) is 8.15. The lowest BCUT2D eigenvalue weighted by molar-refractivity contribution is 0.453. The number of benzene rings is 4. The summed E-state index contributed by atoms with van der Waals surface area (Å²) in [5.41, 5.74) is 7.29. The Morgan fingerprint density at radius 2 is 1.29 bits per heavy atom. The summed E-state index contributed by atoms with van der Waals surface area (Å²) in [6.07, 6.45) is 0. The van der Waals surface area contributed by atoms with Gasteiger partial charge in [-0.3, -0.25) is 0 Å². The molecule has 0 spiro atoms. The van der Waals surface area contributed by atoms with Gasteiger partial charge in [0.15, 0.2) is 0 Å². The van der Waals surface area contributed by atoms with E-state index in [0.717, 1.165) is 23.7 Å². The molecule has 0 aromatic heterocycles. The average Bonchev–Trinajstić information content (AvgIpc) is 2.82. The fourth-order valence-corrected chi connectivity index (χ4v) is 4.18. The molecule has 0 aliphatic carbocycles. The highest BCUT2D eigenvalue weighted by atomic mass is 16.5. The molecule has 0 radical (unpaired) electrons. The van der Waals surface area contributed by atoms with E-state index in [1.54, 1.807) is 0 Å². The first-order chi connectivity index (χ1) is 15.2. The number of para-hydroxylation sites is 2. The Hall–Kier alpha value is -3.72. The Bertz CT molecular complexity index is 1130. The van der Waals surface area contributed by atoms with Gasteiger partial charge >= 0.3 is 0 Å². The van der Waals surface area contributed by atoms with Crippen LogP contribution in [0.4, 0.5) is 11.4 Å². The normalized spacial score (nSPS) is 12.5. The minimum absolute atomic E-state index is 0.175. The van der Waals surface area contributed by atoms with Crippen LogP contribution in [0.2, 0.25) is 0 Å². The maximum atomic E-state index is 6.15. The van der Waals surface area contributed by atoms with Crippen molar-refractivity contribution in [1.82, 2.24) is 0 Å². The van der Waals surface area contributed by atoms with E-state index in [2.05, 4.69) is 109 Å². The third-order valence-corrected chi connectivity index (χ3v) is 5.87. The lowest BCUT2D eigenvalue weighted by atomic mass is 9.82. The molecular weight excluding hydrogens is 380 g/mol. The van der Waals surface area contributed by atoms with Crippen LogP contribution >= 0.6 is 0 Å². The van der Waals surface area contributed by atoms with Crippen molar-refractivity contribution in [3.63, 3.8) is 0 Å². The lowest BCUT2D eigenvalue weighted by Crippen LogP contribution is -2.11. The molecule has 154 valence electrons. The largest absolute Gasteiger partial charge is 0.457 e. The fraction of sp³-hybridized carbons (Fsp3) is 0.143. The van der Waals surface area contributed by atoms with Gasteiger partial charge in [0.05, 0.1) is 0 Å². The van der Waals surface area contributed by atoms with Gasteiger partial charge in [-0.15, -0.1) is 0 Å². The highest BCUT2D eigenvalue weighted by molar-refractivity contribution is 5.59. The molecule has 0 saturated heterocycles. The highest BCUT2D eigenvalue weighted by Crippen LogP contribution is 2.47. The van der Waals surface area contributed by atoms with E-state index in [-0.39, 0.29) is 5.92 Å². The van der Waals surface area contributed by atoms with Crippen molar-refractivity contribution < 1.29 is 4.74 Å². The first-order valence-electron chi connectivity index (χ1n) is 10.6. The van der Waals surface area contributed by atoms with E-state index in [1.807, 2.05) is 12.1 Å². The molecule has 31 heavy (non-hydrogen) atoms. The number of anilines is 2. The van der Waals surface area contributed by atoms with Crippen LogP contribution in [0.25, 0.3) is 0 Å². The Morgan fingerprint density at radius 1 is 0.710 bits per heavy atom. The quantitative estimate of drug-likeness (QED) is 0.354. The summed E-state index contributed by atoms with van der Waals surface area (Å²) < 4.78 is 6.15. The molecule has 1 N–H and O–H groups in total. The van der Waals surface area contributed by atoms with Crippen molar-refractivity contribution in [2.24, 2.45) is 0 Å². The van der Waals surface area contributed by atoms with Gasteiger partial charge in [-0.1, -0.05) is 60.7 Å². The van der Waals surface area contributed by atoms with Crippen LogP contribution in [0.15, 0.2) is 97.1 Å². The molecule has 1 aliphatic heterocycles. The van der Waals surface area contributed by atoms with Gasteiger partial charge in [0.2, 0.25) is 0 Å². The van der Waals surface area contributed by atoms with Crippen molar-refractivity contribution in [3.8, 4) is 11.5 Å². The van der Waals surface area contributed by atoms with Gasteiger partial charge in [-0.05, 0) is 47.5 Å². The first kappa shape index (κ1) is 19.3. The molecule has 3 heteroatoms. The summed E-state index contributed by atoms with van der Waals surface area (Å²) in [5.74, 6) is 2.05. The molecule has 3 nitrogen and oxygen atoms in total. The van der Waals surface area contributed by atoms with Gasteiger partial charge in [-0.25, -0.2) is 0 Å². The van der Waals surface area contributed by atoms with Crippen LogP contribution in [0.3, 0.4) is 0 Å². The van der Waals surface area contributed by atoms with Gasteiger partial charge < -0.3 is 15.0 Å². The Labute approximate surface area is 183 Å². The van der Waals surface area contributed by atoms with Crippen molar-refractivity contribution in [3.05, 3.63) is 119 Å². The van der Waals surface area contributed by atoms with E-state index in [4.69, 9.17) is 4.74 Å². The number of ether oxygens (including phenoxy) is 1. The van der Waals surface area contributed by atoms with Crippen LogP contribution in [0, 0.1) is 0 Å². The SMILES string of the molecule is CN(C)c1ccc(CNc2ccc(C3c4ccccc4Oc4ccccc43)cc2)cc1. The summed E-state index contributed by atoms with van der Waals surface area (Å²) >= 11 is 0. The van der Waals surface area contributed by atoms with E-state index in [0.29, 0.717) is 0 Å². The number of rotatable bonds is 5. The second-order valence-corrected chi connectivity index (χ2v) is 8.15. The monoisotopic (exact) mass is 406 g/mol. The van der Waals surface area contributed by atoms with Crippen LogP contribution in [-0.4, -0.2) is 14.1 Å². The second kappa shape index (κ2) is 8.19. The third kappa shape index (κ3) is 3.87. The minimum Gasteiger partial charge on any atom is -0.457 e. The molecule has 0 amide bonds. The number of nitrogens with zero attached hydrogens (tertiary/aromatic N) is 1. The predicted octanol–water partition coefficient (Wildman–Crippen LogP) is 6.65. The van der Waals surface area contributed by atoms with Crippen molar-refractivity contribution in [2.45, 2.75) is 12.5 Å². The topological polar surface area (TPSA) is 24.5 Å². The maximum absolute atomic E-state index is 6.15. The molecule has 1 heterocycles. The summed E-state index contributed by atoms with van der Waals surface area (Å²) in [4.78, 5) is 2.11. The highest BCUT2D eigenvalue weighted by Gasteiger charge is 2.27. The molecule has 1 aliphatic rings. The molecule has 4 aromatic carbocycles. The van der Waals surface area contributed by atoms with Crippen LogP contribution in [0.5, 0.6) is 11.5 Å². The van der Waals surface area contributed by atoms with Crippen LogP contribution in [-0.2, 0) is 6.54 Å². The van der Waals surface area contributed by atoms with Gasteiger partial charge in [0.25, 0.3) is 0 Å². The number of hydrogen-bond acceptors (Lipinski definition) is 3. The molecule has 0 bridgehead atoms. The molecule has 0 fully saturated rings. The number of nitrogens with one attached hydrogen (secondary N) is 1. The van der Waals surface area contributed by atoms with Crippen LogP contribution < -0.4 is 15.0 Å². The van der Waals surface area contributed by atoms with Crippen molar-refractivity contribution >= 4 is 11.4 Å². The lowest BCUT2D eigenvalue weighted by Gasteiger charge is -2.28. The molecule has 0 saturated carbocycles. The summed E-state index contributed by atoms with van der Waals surface area (Å²) in [7, 11) is 4.12. The zero-order chi connectivity index (χ0) is 21.2. The smallest absolute Gasteiger partial charge is 0.131 e. The first-order valence-corrected chi connectivity index (χ1v) is 10.6. The van der Waals surface area contributed by atoms with Crippen molar-refractivity contribution in [2.75, 3.05) is 24.3 Å². The summed E-state index contributed by atoms with van der Waals surface area (Å²) in [6.45, 7) is 0.802. The molecule has 5 rings (SSSR count). The molecular formula is C28H26N2O. The Kier molecular flexibility index (Phi) is 5.09.